The number of rotatable bonds is 6. The lowest BCUT2D eigenvalue weighted by atomic mass is 9.98. The van der Waals surface area contributed by atoms with Crippen LogP contribution in [0.3, 0.4) is 0 Å². The first-order valence-corrected chi connectivity index (χ1v) is 19.1. The molecule has 2 aromatic heterocycles. The molecule has 10 rings (SSSR count). The van der Waals surface area contributed by atoms with E-state index in [1.807, 2.05) is 24.3 Å². The molecule has 1 aliphatic rings. The van der Waals surface area contributed by atoms with Gasteiger partial charge in [0.2, 0.25) is 0 Å². The number of fused-ring (bicyclic) bond motifs is 4. The molecule has 0 unspecified atom stereocenters. The molecule has 0 atom stereocenters. The Kier molecular flexibility index (Phi) is 8.62. The molecule has 0 saturated heterocycles. The predicted octanol–water partition coefficient (Wildman–Crippen LogP) is 12.8. The first kappa shape index (κ1) is 33.3. The fourth-order valence-corrected chi connectivity index (χ4v) is 7.85. The molecule has 9 aromatic rings. The normalized spacial score (nSPS) is 12.7. The van der Waals surface area contributed by atoms with Gasteiger partial charge in [-0.25, -0.2) is 9.97 Å². The van der Waals surface area contributed by atoms with Crippen molar-refractivity contribution < 1.29 is 4.74 Å². The van der Waals surface area contributed by atoms with Crippen molar-refractivity contribution in [1.29, 1.82) is 0 Å². The van der Waals surface area contributed by atoms with E-state index >= 15 is 0 Å². The maximum Gasteiger partial charge on any atom is 0.160 e. The molecule has 7 aromatic carbocycles. The number of para-hydroxylation sites is 1. The van der Waals surface area contributed by atoms with Gasteiger partial charge in [-0.15, -0.1) is 0 Å². The van der Waals surface area contributed by atoms with E-state index < -0.39 is 0 Å². The zero-order valence-corrected chi connectivity index (χ0v) is 30.7. The topological polar surface area (TPSA) is 39.9 Å². The van der Waals surface area contributed by atoms with E-state index in [1.165, 1.54) is 33.0 Å². The molecule has 1 aliphatic heterocycles. The number of hydrogen-bond acceptors (Lipinski definition) is 3. The summed E-state index contributed by atoms with van der Waals surface area (Å²) in [6, 6.07) is 64.1. The number of ether oxygens (including phenoxy) is 1. The summed E-state index contributed by atoms with van der Waals surface area (Å²) < 4.78 is 9.16. The van der Waals surface area contributed by atoms with Gasteiger partial charge in [-0.1, -0.05) is 164 Å². The van der Waals surface area contributed by atoms with Crippen LogP contribution < -0.4 is 4.74 Å². The molecule has 0 aliphatic carbocycles. The van der Waals surface area contributed by atoms with Crippen molar-refractivity contribution in [3.8, 4) is 56.3 Å². The Hall–Kier alpha value is -7.30. The second-order valence-electron chi connectivity index (χ2n) is 14.1. The standard InChI is InChI=1S/C52H37N3O/c1-5-16-36(17-6-1)40-28-30-48-45(33-40)44-29-27-41(37-18-7-2-8-19-37)34-50(44)55(48)49-26-15-25-43-32-42(24-13-14-31-56-51(43)49)47-35-46(38-20-9-3-10-21-38)53-52(54-47)39-22-11-4-12-23-39/h1-30,33-35H,31-32H2. The minimum absolute atomic E-state index is 0.437. The quantitative estimate of drug-likeness (QED) is 0.172. The third-order valence-corrected chi connectivity index (χ3v) is 10.6. The second-order valence-corrected chi connectivity index (χ2v) is 14.1. The summed E-state index contributed by atoms with van der Waals surface area (Å²) in [7, 11) is 0. The number of allylic oxidation sites excluding steroid dienone is 3. The van der Waals surface area contributed by atoms with E-state index in [-0.39, 0.29) is 0 Å². The molecule has 56 heavy (non-hydrogen) atoms. The maximum absolute atomic E-state index is 6.77. The van der Waals surface area contributed by atoms with Crippen molar-refractivity contribution in [3.05, 3.63) is 211 Å². The van der Waals surface area contributed by atoms with E-state index in [1.54, 1.807) is 0 Å². The van der Waals surface area contributed by atoms with E-state index in [0.29, 0.717) is 18.9 Å². The van der Waals surface area contributed by atoms with Gasteiger partial charge in [0.05, 0.1) is 28.1 Å². The number of aromatic nitrogens is 3. The van der Waals surface area contributed by atoms with Crippen LogP contribution in [0, 0.1) is 0 Å². The van der Waals surface area contributed by atoms with E-state index in [4.69, 9.17) is 14.7 Å². The summed E-state index contributed by atoms with van der Waals surface area (Å²) in [5.74, 6) is 1.56. The molecule has 0 fully saturated rings. The van der Waals surface area contributed by atoms with Gasteiger partial charge in [0.25, 0.3) is 0 Å². The highest BCUT2D eigenvalue weighted by atomic mass is 16.5. The monoisotopic (exact) mass is 719 g/mol. The lowest BCUT2D eigenvalue weighted by Crippen LogP contribution is -2.05. The van der Waals surface area contributed by atoms with Crippen molar-refractivity contribution in [1.82, 2.24) is 14.5 Å². The van der Waals surface area contributed by atoms with Crippen molar-refractivity contribution in [3.63, 3.8) is 0 Å². The van der Waals surface area contributed by atoms with Gasteiger partial charge in [0.1, 0.15) is 12.4 Å². The number of nitrogens with zero attached hydrogens (tertiary/aromatic N) is 3. The van der Waals surface area contributed by atoms with Gasteiger partial charge in [0.15, 0.2) is 5.82 Å². The van der Waals surface area contributed by atoms with Crippen LogP contribution in [0.1, 0.15) is 11.3 Å². The van der Waals surface area contributed by atoms with E-state index in [9.17, 15) is 0 Å². The fraction of sp³-hybridized carbons (Fsp3) is 0.0385. The van der Waals surface area contributed by atoms with Crippen LogP contribution in [0.5, 0.6) is 5.75 Å². The first-order valence-electron chi connectivity index (χ1n) is 19.1. The molecule has 0 radical (unpaired) electrons. The Morgan fingerprint density at radius 1 is 0.464 bits per heavy atom. The third kappa shape index (κ3) is 6.27. The van der Waals surface area contributed by atoms with Crippen molar-refractivity contribution in [2.75, 3.05) is 6.61 Å². The van der Waals surface area contributed by atoms with Gasteiger partial charge in [-0.3, -0.25) is 0 Å². The van der Waals surface area contributed by atoms with Gasteiger partial charge in [0, 0.05) is 33.9 Å². The molecule has 3 heterocycles. The summed E-state index contributed by atoms with van der Waals surface area (Å²) in [4.78, 5) is 10.2. The molecule has 0 amide bonds. The lowest BCUT2D eigenvalue weighted by Gasteiger charge is -2.18. The largest absolute Gasteiger partial charge is 0.487 e. The average Bonchev–Trinajstić information content (AvgIpc) is 3.65. The summed E-state index contributed by atoms with van der Waals surface area (Å²) in [5, 5.41) is 2.39. The van der Waals surface area contributed by atoms with Crippen molar-refractivity contribution in [2.24, 2.45) is 0 Å². The lowest BCUT2D eigenvalue weighted by molar-refractivity contribution is 0.359. The highest BCUT2D eigenvalue weighted by molar-refractivity contribution is 6.11. The van der Waals surface area contributed by atoms with Crippen LogP contribution in [0.4, 0.5) is 0 Å². The molecule has 4 nitrogen and oxygen atoms in total. The SMILES string of the molecule is C1=CCOc2c(cccc2-n2c3ccc(-c4ccccc4)cc3c3ccc(-c4ccccc4)cc32)CC(c2cc(-c3ccccc3)nc(-c3ccccc3)n2)=C1. The van der Waals surface area contributed by atoms with Crippen molar-refractivity contribution >= 4 is 27.4 Å². The summed E-state index contributed by atoms with van der Waals surface area (Å²) in [6.07, 6.45) is 6.96. The molecule has 0 saturated carbocycles. The second kappa shape index (κ2) is 14.5. The Labute approximate surface area is 326 Å². The molecule has 266 valence electrons. The molecular formula is C52H37N3O. The zero-order valence-electron chi connectivity index (χ0n) is 30.7. The van der Waals surface area contributed by atoms with Crippen LogP contribution in [0.25, 0.3) is 78.0 Å². The van der Waals surface area contributed by atoms with E-state index in [0.717, 1.165) is 56.1 Å². The van der Waals surface area contributed by atoms with Crippen LogP contribution >= 0.6 is 0 Å². The van der Waals surface area contributed by atoms with Gasteiger partial charge in [-0.2, -0.15) is 0 Å². The van der Waals surface area contributed by atoms with Crippen LogP contribution in [0.2, 0.25) is 0 Å². The number of hydrogen-bond donors (Lipinski definition) is 0. The Morgan fingerprint density at radius 2 is 1.09 bits per heavy atom. The van der Waals surface area contributed by atoms with Crippen LogP contribution in [-0.4, -0.2) is 21.1 Å². The average molecular weight is 720 g/mol. The van der Waals surface area contributed by atoms with E-state index in [2.05, 4.69) is 181 Å². The van der Waals surface area contributed by atoms with Gasteiger partial charge < -0.3 is 9.30 Å². The smallest absolute Gasteiger partial charge is 0.160 e. The summed E-state index contributed by atoms with van der Waals surface area (Å²) in [5.41, 5.74) is 14.0. The fourth-order valence-electron chi connectivity index (χ4n) is 7.85. The zero-order chi connectivity index (χ0) is 37.3. The summed E-state index contributed by atoms with van der Waals surface area (Å²) >= 11 is 0. The first-order chi connectivity index (χ1) is 27.8. The molecule has 4 heteroatoms. The highest BCUT2D eigenvalue weighted by Crippen LogP contribution is 2.41. The molecule has 0 bridgehead atoms. The van der Waals surface area contributed by atoms with Gasteiger partial charge >= 0.3 is 0 Å². The van der Waals surface area contributed by atoms with Crippen molar-refractivity contribution in [2.45, 2.75) is 6.42 Å². The molecule has 0 spiro atoms. The summed E-state index contributed by atoms with van der Waals surface area (Å²) in [6.45, 7) is 0.437. The number of benzene rings is 7. The predicted molar refractivity (Wildman–Crippen MR) is 231 cm³/mol. The van der Waals surface area contributed by atoms with Gasteiger partial charge in [-0.05, 0) is 64.2 Å². The van der Waals surface area contributed by atoms with Crippen LogP contribution in [0.15, 0.2) is 200 Å². The molecular weight excluding hydrogens is 683 g/mol. The highest BCUT2D eigenvalue weighted by Gasteiger charge is 2.21. The Morgan fingerprint density at radius 3 is 1.80 bits per heavy atom. The Bertz CT molecular complexity index is 2850. The molecule has 0 N–H and O–H groups in total. The Balaban J connectivity index is 1.15. The minimum Gasteiger partial charge on any atom is -0.487 e. The van der Waals surface area contributed by atoms with Crippen LogP contribution in [-0.2, 0) is 6.42 Å². The maximum atomic E-state index is 6.77. The minimum atomic E-state index is 0.437. The third-order valence-electron chi connectivity index (χ3n) is 10.6.